The molecular weight excluding hydrogens is 547 g/mol. The van der Waals surface area contributed by atoms with Crippen LogP contribution >= 0.6 is 39.1 Å². The second-order valence-electron chi connectivity index (χ2n) is 7.41. The summed E-state index contributed by atoms with van der Waals surface area (Å²) in [5, 5.41) is 12.4. The molecule has 0 radical (unpaired) electrons. The fourth-order valence-corrected chi connectivity index (χ4v) is 4.01. The van der Waals surface area contributed by atoms with Gasteiger partial charge < -0.3 is 19.8 Å². The van der Waals surface area contributed by atoms with Crippen LogP contribution in [0.25, 0.3) is 21.8 Å². The largest absolute Gasteiger partial charge is 0.508 e. The van der Waals surface area contributed by atoms with Crippen LogP contribution in [0.1, 0.15) is 0 Å². The van der Waals surface area contributed by atoms with Crippen LogP contribution in [0, 0.1) is 0 Å². The van der Waals surface area contributed by atoms with Gasteiger partial charge in [0.2, 0.25) is 0 Å². The lowest BCUT2D eigenvalue weighted by atomic mass is 10.2. The molecule has 0 aliphatic rings. The Morgan fingerprint density at radius 1 is 0.629 bits per heavy atom. The van der Waals surface area contributed by atoms with E-state index in [0.29, 0.717) is 10.0 Å². The number of aromatic amines is 2. The number of ether oxygens (including phenoxy) is 1. The minimum Gasteiger partial charge on any atom is -0.508 e. The van der Waals surface area contributed by atoms with Crippen LogP contribution in [-0.2, 0) is 0 Å². The van der Waals surface area contributed by atoms with Crippen LogP contribution in [0.3, 0.4) is 0 Å². The Hall–Kier alpha value is -3.38. The summed E-state index contributed by atoms with van der Waals surface area (Å²) in [5.41, 5.74) is 2.24. The Morgan fingerprint density at radius 3 is 1.77 bits per heavy atom. The molecule has 0 amide bonds. The minimum atomic E-state index is 0.245. The lowest BCUT2D eigenvalue weighted by Gasteiger charge is -2.06. The number of hydrogen-bond acceptors (Lipinski definition) is 2. The van der Waals surface area contributed by atoms with Gasteiger partial charge in [0, 0.05) is 48.7 Å². The van der Waals surface area contributed by atoms with Crippen molar-refractivity contribution in [3.8, 4) is 17.2 Å². The van der Waals surface area contributed by atoms with E-state index in [2.05, 4.69) is 38.0 Å². The highest BCUT2D eigenvalue weighted by Crippen LogP contribution is 2.29. The first kappa shape index (κ1) is 24.7. The molecule has 7 heteroatoms. The molecule has 0 bridgehead atoms. The van der Waals surface area contributed by atoms with Gasteiger partial charge in [-0.1, -0.05) is 51.3 Å². The Balaban J connectivity index is 0.000000136. The van der Waals surface area contributed by atoms with Crippen LogP contribution in [0.15, 0.2) is 114 Å². The summed E-state index contributed by atoms with van der Waals surface area (Å²) in [6.45, 7) is 0. The van der Waals surface area contributed by atoms with Crippen molar-refractivity contribution in [1.29, 1.82) is 0 Å². The fraction of sp³-hybridized carbons (Fsp3) is 0. The monoisotopic (exact) mass is 566 g/mol. The van der Waals surface area contributed by atoms with Crippen LogP contribution in [0.5, 0.6) is 17.2 Å². The molecular formula is C28H21BrCl2N2O2. The zero-order valence-electron chi connectivity index (χ0n) is 18.4. The molecule has 2 aromatic heterocycles. The molecule has 2 heterocycles. The zero-order valence-corrected chi connectivity index (χ0v) is 21.5. The Morgan fingerprint density at radius 2 is 1.17 bits per heavy atom. The summed E-state index contributed by atoms with van der Waals surface area (Å²) in [6.07, 6.45) is 3.84. The van der Waals surface area contributed by atoms with Gasteiger partial charge in [-0.3, -0.25) is 0 Å². The zero-order chi connectivity index (χ0) is 24.6. The summed E-state index contributed by atoms with van der Waals surface area (Å²) >= 11 is 14.8. The molecule has 4 aromatic carbocycles. The van der Waals surface area contributed by atoms with Gasteiger partial charge in [0.15, 0.2) is 0 Å². The van der Waals surface area contributed by atoms with Crippen molar-refractivity contribution in [2.45, 2.75) is 0 Å². The maximum absolute atomic E-state index is 8.70. The predicted molar refractivity (Wildman–Crippen MR) is 149 cm³/mol. The van der Waals surface area contributed by atoms with Crippen molar-refractivity contribution in [1.82, 2.24) is 9.97 Å². The van der Waals surface area contributed by atoms with Crippen LogP contribution in [-0.4, -0.2) is 15.1 Å². The number of aromatic nitrogens is 2. The van der Waals surface area contributed by atoms with Gasteiger partial charge in [-0.2, -0.15) is 0 Å². The molecule has 0 atom stereocenters. The van der Waals surface area contributed by atoms with E-state index in [1.807, 2.05) is 73.1 Å². The lowest BCUT2D eigenvalue weighted by molar-refractivity contribution is 0.475. The predicted octanol–water partition coefficient (Wildman–Crippen LogP) is 9.59. The normalized spacial score (nSPS) is 10.3. The molecule has 0 aliphatic heterocycles. The number of fused-ring (bicyclic) bond motifs is 2. The standard InChI is InChI=1S/C14H10ClNO.C8H6BrN.C6H5ClO/c15-10-4-6-11(7-5-10)17-14-3-1-2-13-12(14)8-9-16-13;9-7-2-1-3-8-6(7)4-5-10-8;7-5-1-3-6(8)4-2-5/h1-9,16H;1-5,10H;1-4,8H. The second kappa shape index (κ2) is 11.8. The van der Waals surface area contributed by atoms with Gasteiger partial charge in [0.1, 0.15) is 17.2 Å². The molecule has 4 nitrogen and oxygen atoms in total. The van der Waals surface area contributed by atoms with Gasteiger partial charge in [-0.05, 0) is 84.9 Å². The maximum Gasteiger partial charge on any atom is 0.136 e. The number of hydrogen-bond donors (Lipinski definition) is 3. The third-order valence-electron chi connectivity index (χ3n) is 4.96. The highest BCUT2D eigenvalue weighted by Gasteiger charge is 2.03. The smallest absolute Gasteiger partial charge is 0.136 e. The van der Waals surface area contributed by atoms with Crippen molar-refractivity contribution in [2.24, 2.45) is 0 Å². The first-order valence-corrected chi connectivity index (χ1v) is 12.2. The number of rotatable bonds is 2. The average molecular weight is 568 g/mol. The van der Waals surface area contributed by atoms with Crippen molar-refractivity contribution >= 4 is 60.9 Å². The topological polar surface area (TPSA) is 61.0 Å². The van der Waals surface area contributed by atoms with Crippen molar-refractivity contribution in [3.63, 3.8) is 0 Å². The average Bonchev–Trinajstić information content (AvgIpc) is 3.54. The summed E-state index contributed by atoms with van der Waals surface area (Å²) in [4.78, 5) is 6.28. The number of aromatic hydroxyl groups is 1. The molecule has 0 unspecified atom stereocenters. The van der Waals surface area contributed by atoms with E-state index >= 15 is 0 Å². The fourth-order valence-electron chi connectivity index (χ4n) is 3.26. The summed E-state index contributed by atoms with van der Waals surface area (Å²) < 4.78 is 6.97. The van der Waals surface area contributed by atoms with Gasteiger partial charge in [0.25, 0.3) is 0 Å². The molecule has 3 N–H and O–H groups in total. The Kier molecular flexibility index (Phi) is 8.37. The third kappa shape index (κ3) is 6.83. The van der Waals surface area contributed by atoms with E-state index in [9.17, 15) is 0 Å². The number of nitrogens with one attached hydrogen (secondary N) is 2. The summed E-state index contributed by atoms with van der Waals surface area (Å²) in [5.74, 6) is 1.86. The number of phenols is 1. The molecule has 0 fully saturated rings. The maximum atomic E-state index is 8.70. The highest BCUT2D eigenvalue weighted by molar-refractivity contribution is 9.10. The number of halogens is 3. The van der Waals surface area contributed by atoms with Crippen molar-refractivity contribution < 1.29 is 9.84 Å². The van der Waals surface area contributed by atoms with Gasteiger partial charge in [0.05, 0.1) is 0 Å². The van der Waals surface area contributed by atoms with Gasteiger partial charge in [-0.25, -0.2) is 0 Å². The van der Waals surface area contributed by atoms with Gasteiger partial charge in [-0.15, -0.1) is 0 Å². The number of phenolic OH excluding ortho intramolecular Hbond substituents is 1. The molecule has 35 heavy (non-hydrogen) atoms. The first-order valence-electron chi connectivity index (χ1n) is 10.7. The van der Waals surface area contributed by atoms with Crippen molar-refractivity contribution in [2.75, 3.05) is 0 Å². The summed E-state index contributed by atoms with van der Waals surface area (Å²) in [6, 6.07) is 29.8. The Bertz CT molecular complexity index is 1490. The minimum absolute atomic E-state index is 0.245. The molecule has 6 aromatic rings. The SMILES string of the molecule is Brc1cccc2[nH]ccc12.Clc1ccc(Oc2cccc3[nH]ccc23)cc1.Oc1ccc(Cl)cc1. The molecule has 0 spiro atoms. The third-order valence-corrected chi connectivity index (χ3v) is 6.16. The quantitative estimate of drug-likeness (QED) is 0.195. The lowest BCUT2D eigenvalue weighted by Crippen LogP contribution is -1.84. The number of H-pyrrole nitrogens is 2. The van der Waals surface area contributed by atoms with E-state index in [-0.39, 0.29) is 5.75 Å². The van der Waals surface area contributed by atoms with Crippen LogP contribution < -0.4 is 4.74 Å². The van der Waals surface area contributed by atoms with Crippen LogP contribution in [0.4, 0.5) is 0 Å². The van der Waals surface area contributed by atoms with Crippen LogP contribution in [0.2, 0.25) is 10.0 Å². The van der Waals surface area contributed by atoms with Crippen molar-refractivity contribution in [3.05, 3.63) is 124 Å². The van der Waals surface area contributed by atoms with E-state index in [1.54, 1.807) is 24.3 Å². The molecule has 0 saturated carbocycles. The van der Waals surface area contributed by atoms with E-state index in [1.165, 1.54) is 10.9 Å². The number of benzene rings is 4. The Labute approximate surface area is 221 Å². The van der Waals surface area contributed by atoms with E-state index in [4.69, 9.17) is 33.0 Å². The van der Waals surface area contributed by atoms with Gasteiger partial charge >= 0.3 is 0 Å². The van der Waals surface area contributed by atoms with E-state index < -0.39 is 0 Å². The van der Waals surface area contributed by atoms with E-state index in [0.717, 1.165) is 26.9 Å². The summed E-state index contributed by atoms with van der Waals surface area (Å²) in [7, 11) is 0. The molecule has 176 valence electrons. The second-order valence-corrected chi connectivity index (χ2v) is 9.13. The first-order chi connectivity index (χ1) is 17.0. The molecule has 0 saturated heterocycles. The molecule has 6 rings (SSSR count). The molecule has 0 aliphatic carbocycles. The highest BCUT2D eigenvalue weighted by atomic mass is 79.9.